The lowest BCUT2D eigenvalue weighted by Gasteiger charge is -2.28. The maximum absolute atomic E-state index is 12.4. The summed E-state index contributed by atoms with van der Waals surface area (Å²) in [6.45, 7) is 3.45. The van der Waals surface area contributed by atoms with Crippen molar-refractivity contribution >= 4 is 44.9 Å². The van der Waals surface area contributed by atoms with Crippen LogP contribution in [0.1, 0.15) is 36.5 Å². The highest BCUT2D eigenvalue weighted by Gasteiger charge is 2.22. The van der Waals surface area contributed by atoms with Crippen LogP contribution >= 0.6 is 11.6 Å². The molecule has 1 amide bonds. The number of anilines is 2. The molecule has 8 nitrogen and oxygen atoms in total. The van der Waals surface area contributed by atoms with E-state index in [1.165, 1.54) is 38.3 Å². The smallest absolute Gasteiger partial charge is 0.340 e. The van der Waals surface area contributed by atoms with Crippen molar-refractivity contribution in [3.63, 3.8) is 0 Å². The number of piperidine rings is 1. The standard InChI is InChI=1S/C21H24ClN3O5S/c1-14(30-21(27)18-13-17(31(23,28)29)9-10-19(18)22)20(26)24-15-5-7-16(8-6-15)25-11-3-2-4-12-25/h5-10,13-14H,2-4,11-12H2,1H3,(H,24,26)(H2,23,28,29). The summed E-state index contributed by atoms with van der Waals surface area (Å²) in [6.07, 6.45) is 2.46. The van der Waals surface area contributed by atoms with Crippen LogP contribution in [0, 0.1) is 0 Å². The highest BCUT2D eigenvalue weighted by Crippen LogP contribution is 2.23. The second kappa shape index (κ2) is 9.67. The average Bonchev–Trinajstić information content (AvgIpc) is 2.74. The van der Waals surface area contributed by atoms with Crippen molar-refractivity contribution in [2.75, 3.05) is 23.3 Å². The van der Waals surface area contributed by atoms with Gasteiger partial charge >= 0.3 is 5.97 Å². The highest BCUT2D eigenvalue weighted by atomic mass is 35.5. The van der Waals surface area contributed by atoms with Crippen molar-refractivity contribution in [2.24, 2.45) is 5.14 Å². The first-order valence-corrected chi connectivity index (χ1v) is 11.8. The van der Waals surface area contributed by atoms with Gasteiger partial charge in [0.25, 0.3) is 5.91 Å². The molecule has 1 saturated heterocycles. The second-order valence-electron chi connectivity index (χ2n) is 7.32. The molecule has 1 atom stereocenters. The zero-order valence-corrected chi connectivity index (χ0v) is 18.6. The third kappa shape index (κ3) is 5.96. The number of hydrogen-bond acceptors (Lipinski definition) is 6. The van der Waals surface area contributed by atoms with Crippen LogP contribution in [0.2, 0.25) is 5.02 Å². The fourth-order valence-corrected chi connectivity index (χ4v) is 4.00. The summed E-state index contributed by atoms with van der Waals surface area (Å²) in [5.74, 6) is -1.46. The minimum absolute atomic E-state index is 0.0155. The van der Waals surface area contributed by atoms with E-state index >= 15 is 0 Å². The number of benzene rings is 2. The Labute approximate surface area is 186 Å². The zero-order valence-electron chi connectivity index (χ0n) is 17.0. The van der Waals surface area contributed by atoms with Gasteiger partial charge in [0.15, 0.2) is 6.10 Å². The van der Waals surface area contributed by atoms with Gasteiger partial charge in [0.2, 0.25) is 10.0 Å². The van der Waals surface area contributed by atoms with E-state index in [1.54, 1.807) is 12.1 Å². The molecule has 1 heterocycles. The number of ether oxygens (including phenoxy) is 1. The van der Waals surface area contributed by atoms with Gasteiger partial charge in [-0.1, -0.05) is 11.6 Å². The average molecular weight is 466 g/mol. The van der Waals surface area contributed by atoms with Crippen LogP contribution in [0.5, 0.6) is 0 Å². The Morgan fingerprint density at radius 3 is 2.35 bits per heavy atom. The van der Waals surface area contributed by atoms with Crippen molar-refractivity contribution in [3.05, 3.63) is 53.1 Å². The first kappa shape index (κ1) is 23.1. The molecule has 0 spiro atoms. The number of primary sulfonamides is 1. The van der Waals surface area contributed by atoms with Gasteiger partial charge in [-0.15, -0.1) is 0 Å². The Kier molecular flexibility index (Phi) is 7.19. The Morgan fingerprint density at radius 1 is 1.10 bits per heavy atom. The molecule has 1 aliphatic rings. The van der Waals surface area contributed by atoms with Crippen molar-refractivity contribution in [1.82, 2.24) is 0 Å². The molecule has 2 aromatic carbocycles. The topological polar surface area (TPSA) is 119 Å². The van der Waals surface area contributed by atoms with Crippen LogP contribution in [0.25, 0.3) is 0 Å². The van der Waals surface area contributed by atoms with E-state index in [-0.39, 0.29) is 15.5 Å². The molecule has 0 saturated carbocycles. The van der Waals surface area contributed by atoms with Crippen molar-refractivity contribution in [2.45, 2.75) is 37.2 Å². The van der Waals surface area contributed by atoms with E-state index in [2.05, 4.69) is 10.2 Å². The number of hydrogen-bond donors (Lipinski definition) is 2. The van der Waals surface area contributed by atoms with Gasteiger partial charge in [-0.3, -0.25) is 4.79 Å². The third-order valence-electron chi connectivity index (χ3n) is 5.00. The summed E-state index contributed by atoms with van der Waals surface area (Å²) in [4.78, 5) is 26.9. The molecule has 1 unspecified atom stereocenters. The fourth-order valence-electron chi connectivity index (χ4n) is 3.27. The summed E-state index contributed by atoms with van der Waals surface area (Å²) >= 11 is 5.97. The Bertz CT molecular complexity index is 1070. The van der Waals surface area contributed by atoms with E-state index in [1.807, 2.05) is 12.1 Å². The molecule has 0 radical (unpaired) electrons. The summed E-state index contributed by atoms with van der Waals surface area (Å²) in [5.41, 5.74) is 1.48. The first-order valence-electron chi connectivity index (χ1n) is 9.84. The molecule has 0 bridgehead atoms. The van der Waals surface area contributed by atoms with Crippen molar-refractivity contribution < 1.29 is 22.7 Å². The minimum atomic E-state index is -4.02. The molecule has 2 aromatic rings. The van der Waals surface area contributed by atoms with E-state index in [0.717, 1.165) is 24.8 Å². The van der Waals surface area contributed by atoms with Crippen molar-refractivity contribution in [3.8, 4) is 0 Å². The molecule has 3 rings (SSSR count). The summed E-state index contributed by atoms with van der Waals surface area (Å²) in [5, 5.41) is 7.76. The van der Waals surface area contributed by atoms with Gasteiger partial charge in [0.1, 0.15) is 0 Å². The minimum Gasteiger partial charge on any atom is -0.449 e. The molecule has 1 fully saturated rings. The zero-order chi connectivity index (χ0) is 22.6. The summed E-state index contributed by atoms with van der Waals surface area (Å²) in [7, 11) is -4.02. The molecule has 1 aliphatic heterocycles. The van der Waals surface area contributed by atoms with Gasteiger partial charge in [0, 0.05) is 24.5 Å². The largest absolute Gasteiger partial charge is 0.449 e. The number of nitrogens with two attached hydrogens (primary N) is 1. The van der Waals surface area contributed by atoms with Gasteiger partial charge in [-0.25, -0.2) is 18.4 Å². The van der Waals surface area contributed by atoms with Crippen molar-refractivity contribution in [1.29, 1.82) is 0 Å². The molecule has 0 aromatic heterocycles. The Balaban J connectivity index is 1.62. The lowest BCUT2D eigenvalue weighted by molar-refractivity contribution is -0.123. The number of carbonyl (C=O) groups is 2. The predicted molar refractivity (Wildman–Crippen MR) is 119 cm³/mol. The van der Waals surface area contributed by atoms with Crippen LogP contribution in [0.15, 0.2) is 47.4 Å². The SMILES string of the molecule is CC(OC(=O)c1cc(S(N)(=O)=O)ccc1Cl)C(=O)Nc1ccc(N2CCCCC2)cc1. The third-order valence-corrected chi connectivity index (χ3v) is 6.24. The molecule has 31 heavy (non-hydrogen) atoms. The molecule has 0 aliphatic carbocycles. The monoisotopic (exact) mass is 465 g/mol. The summed E-state index contributed by atoms with van der Waals surface area (Å²) in [6, 6.07) is 10.9. The van der Waals surface area contributed by atoms with Gasteiger partial charge in [0.05, 0.1) is 15.5 Å². The normalized spacial score (nSPS) is 15.3. The number of amides is 1. The molecular weight excluding hydrogens is 442 g/mol. The van der Waals surface area contributed by atoms with E-state index < -0.39 is 28.0 Å². The number of nitrogens with zero attached hydrogens (tertiary/aromatic N) is 1. The maximum Gasteiger partial charge on any atom is 0.340 e. The highest BCUT2D eigenvalue weighted by molar-refractivity contribution is 7.89. The number of esters is 1. The lowest BCUT2D eigenvalue weighted by Crippen LogP contribution is -2.30. The first-order chi connectivity index (χ1) is 14.6. The van der Waals surface area contributed by atoms with Crippen LogP contribution in [0.3, 0.4) is 0 Å². The van der Waals surface area contributed by atoms with Crippen LogP contribution in [-0.4, -0.2) is 39.5 Å². The molecule has 3 N–H and O–H groups in total. The fraction of sp³-hybridized carbons (Fsp3) is 0.333. The molecule has 166 valence electrons. The number of carbonyl (C=O) groups excluding carboxylic acids is 2. The van der Waals surface area contributed by atoms with Crippen LogP contribution < -0.4 is 15.4 Å². The number of halogens is 1. The summed E-state index contributed by atoms with van der Waals surface area (Å²) < 4.78 is 28.1. The van der Waals surface area contributed by atoms with Gasteiger partial charge in [-0.05, 0) is 68.7 Å². The van der Waals surface area contributed by atoms with E-state index in [0.29, 0.717) is 5.69 Å². The molecular formula is C21H24ClN3O5S. The number of nitrogens with one attached hydrogen (secondary N) is 1. The van der Waals surface area contributed by atoms with Gasteiger partial charge in [-0.2, -0.15) is 0 Å². The maximum atomic E-state index is 12.4. The van der Waals surface area contributed by atoms with E-state index in [9.17, 15) is 18.0 Å². The Morgan fingerprint density at radius 2 is 1.74 bits per heavy atom. The lowest BCUT2D eigenvalue weighted by atomic mass is 10.1. The van der Waals surface area contributed by atoms with E-state index in [4.69, 9.17) is 21.5 Å². The quantitative estimate of drug-likeness (QED) is 0.632. The Hall–Kier alpha value is -2.62. The van der Waals surface area contributed by atoms with Crippen LogP contribution in [0.4, 0.5) is 11.4 Å². The molecule has 10 heteroatoms. The number of sulfonamides is 1. The number of rotatable bonds is 6. The second-order valence-corrected chi connectivity index (χ2v) is 9.29. The van der Waals surface area contributed by atoms with Crippen LogP contribution in [-0.2, 0) is 19.6 Å². The van der Waals surface area contributed by atoms with Gasteiger partial charge < -0.3 is 15.0 Å². The predicted octanol–water partition coefficient (Wildman–Crippen LogP) is 3.16.